The summed E-state index contributed by atoms with van der Waals surface area (Å²) >= 11 is 11.9. The summed E-state index contributed by atoms with van der Waals surface area (Å²) in [5.41, 5.74) is 1.62. The number of carbonyl (C=O) groups is 3. The second-order valence-corrected chi connectivity index (χ2v) is 7.22. The van der Waals surface area contributed by atoms with Crippen LogP contribution in [0, 0.1) is 5.92 Å². The van der Waals surface area contributed by atoms with Crippen LogP contribution in [0.4, 0.5) is 0 Å². The number of rotatable bonds is 6. The number of hydrogen-bond acceptors (Lipinski definition) is 4. The molecule has 1 saturated heterocycles. The first-order valence-electron chi connectivity index (χ1n) is 8.45. The molecule has 27 heavy (non-hydrogen) atoms. The highest BCUT2D eigenvalue weighted by Gasteiger charge is 2.50. The maximum Gasteiger partial charge on any atom is 0.291 e. The Bertz CT molecular complexity index is 867. The number of furan rings is 1. The number of ketones is 1. The van der Waals surface area contributed by atoms with E-state index < -0.39 is 29.6 Å². The van der Waals surface area contributed by atoms with Crippen molar-refractivity contribution < 1.29 is 18.8 Å². The molecule has 2 unspecified atom stereocenters. The van der Waals surface area contributed by atoms with E-state index in [0.717, 1.165) is 5.56 Å². The zero-order chi connectivity index (χ0) is 19.6. The first kappa shape index (κ1) is 19.5. The third-order valence-electron chi connectivity index (χ3n) is 4.64. The van der Waals surface area contributed by atoms with E-state index in [0.29, 0.717) is 35.0 Å². The van der Waals surface area contributed by atoms with Gasteiger partial charge in [0.15, 0.2) is 0 Å². The first-order valence-corrected chi connectivity index (χ1v) is 9.20. The molecule has 1 aromatic heterocycles. The van der Waals surface area contributed by atoms with Crippen LogP contribution < -0.4 is 5.32 Å². The first-order chi connectivity index (χ1) is 12.9. The molecule has 0 aliphatic carbocycles. The smallest absolute Gasteiger partial charge is 0.291 e. The minimum absolute atomic E-state index is 0.374. The lowest BCUT2D eigenvalue weighted by molar-refractivity contribution is -0.142. The highest BCUT2D eigenvalue weighted by atomic mass is 35.5. The third kappa shape index (κ3) is 4.01. The fraction of sp³-hybridized carbons (Fsp3) is 0.316. The molecule has 1 N–H and O–H groups in total. The molecular weight excluding hydrogens is 391 g/mol. The zero-order valence-corrected chi connectivity index (χ0v) is 16.1. The van der Waals surface area contributed by atoms with E-state index >= 15 is 0 Å². The quantitative estimate of drug-likeness (QED) is 0.452. The predicted octanol–water partition coefficient (Wildman–Crippen LogP) is 3.03. The van der Waals surface area contributed by atoms with E-state index in [1.54, 1.807) is 18.2 Å². The van der Waals surface area contributed by atoms with Crippen LogP contribution in [0.5, 0.6) is 0 Å². The van der Waals surface area contributed by atoms with E-state index in [1.165, 1.54) is 24.5 Å². The Morgan fingerprint density at radius 1 is 1.22 bits per heavy atom. The topological polar surface area (TPSA) is 79.6 Å². The molecule has 8 heteroatoms. The Balaban J connectivity index is 1.60. The molecule has 6 nitrogen and oxygen atoms in total. The van der Waals surface area contributed by atoms with Gasteiger partial charge in [-0.05, 0) is 36.6 Å². The zero-order valence-electron chi connectivity index (χ0n) is 14.6. The summed E-state index contributed by atoms with van der Waals surface area (Å²) < 4.78 is 5.04. The fourth-order valence-corrected chi connectivity index (χ4v) is 3.55. The summed E-state index contributed by atoms with van der Waals surface area (Å²) in [6.07, 6.45) is 4.24. The number of nitrogens with one attached hydrogen (secondary N) is 1. The lowest BCUT2D eigenvalue weighted by atomic mass is 9.93. The predicted molar refractivity (Wildman–Crippen MR) is 101 cm³/mol. The number of hydrogen-bond donors (Lipinski definition) is 1. The Hall–Kier alpha value is -2.31. The molecule has 1 aliphatic rings. The normalized spacial score (nSPS) is 19.6. The highest BCUT2D eigenvalue weighted by molar-refractivity contribution is 6.43. The summed E-state index contributed by atoms with van der Waals surface area (Å²) in [7, 11) is 1.51. The van der Waals surface area contributed by atoms with Gasteiger partial charge in [0.2, 0.25) is 11.7 Å². The number of halogens is 2. The number of aryl methyl sites for hydroxylation is 1. The van der Waals surface area contributed by atoms with E-state index in [4.69, 9.17) is 27.6 Å². The van der Waals surface area contributed by atoms with Crippen molar-refractivity contribution in [2.24, 2.45) is 5.92 Å². The molecule has 2 aromatic rings. The van der Waals surface area contributed by atoms with Crippen molar-refractivity contribution in [1.82, 2.24) is 10.2 Å². The van der Waals surface area contributed by atoms with Gasteiger partial charge in [0.1, 0.15) is 5.92 Å². The minimum atomic E-state index is -1.08. The van der Waals surface area contributed by atoms with E-state index in [9.17, 15) is 14.4 Å². The number of amides is 2. The van der Waals surface area contributed by atoms with Gasteiger partial charge in [-0.15, -0.1) is 0 Å². The fourth-order valence-electron chi connectivity index (χ4n) is 3.23. The van der Waals surface area contributed by atoms with Gasteiger partial charge in [-0.25, -0.2) is 0 Å². The summed E-state index contributed by atoms with van der Waals surface area (Å²) in [5, 5.41) is 3.73. The second-order valence-electron chi connectivity index (χ2n) is 6.40. The number of benzene rings is 1. The van der Waals surface area contributed by atoms with E-state index in [1.807, 2.05) is 6.07 Å². The van der Waals surface area contributed by atoms with Gasteiger partial charge < -0.3 is 14.6 Å². The molecule has 0 bridgehead atoms. The summed E-state index contributed by atoms with van der Waals surface area (Å²) in [4.78, 5) is 38.2. The van der Waals surface area contributed by atoms with Crippen molar-refractivity contribution in [2.75, 3.05) is 13.6 Å². The van der Waals surface area contributed by atoms with Crippen LogP contribution in [0.25, 0.3) is 0 Å². The van der Waals surface area contributed by atoms with Crippen LogP contribution >= 0.6 is 23.2 Å². The maximum absolute atomic E-state index is 12.6. The lowest BCUT2D eigenvalue weighted by Gasteiger charge is -2.21. The van der Waals surface area contributed by atoms with Crippen molar-refractivity contribution >= 4 is 40.8 Å². The number of likely N-dealkylation sites (N-methyl/N-ethyl adjacent to an activating group) is 1. The van der Waals surface area contributed by atoms with Crippen LogP contribution in [0.15, 0.2) is 41.2 Å². The number of nitrogens with zero attached hydrogens (tertiary/aromatic N) is 1. The van der Waals surface area contributed by atoms with Crippen LogP contribution in [0.3, 0.4) is 0 Å². The number of Topliss-reactive ketones (excluding diaryl/α,β-unsaturated/α-hetero) is 1. The standard InChI is InChI=1S/C19H18Cl2N2O4/c1-23-16(12-6-8-27-10-12)15(17(24)19(23)26)18(25)22-7-2-3-11-4-5-13(20)14(21)9-11/h4-6,8-10,15-16H,2-3,7H2,1H3,(H,22,25). The molecule has 2 amide bonds. The molecule has 3 rings (SSSR count). The van der Waals surface area contributed by atoms with Crippen molar-refractivity contribution in [3.05, 3.63) is 58.0 Å². The number of carbonyl (C=O) groups excluding carboxylic acids is 3. The van der Waals surface area contributed by atoms with Crippen LogP contribution in [0.1, 0.15) is 23.6 Å². The average Bonchev–Trinajstić information content (AvgIpc) is 3.24. The Kier molecular flexibility index (Phi) is 5.87. The van der Waals surface area contributed by atoms with Gasteiger partial charge in [-0.1, -0.05) is 29.3 Å². The molecule has 1 fully saturated rings. The summed E-state index contributed by atoms with van der Waals surface area (Å²) in [5.74, 6) is -2.91. The van der Waals surface area contributed by atoms with Crippen molar-refractivity contribution in [3.8, 4) is 0 Å². The molecule has 1 aromatic carbocycles. The lowest BCUT2D eigenvalue weighted by Crippen LogP contribution is -2.37. The largest absolute Gasteiger partial charge is 0.472 e. The van der Waals surface area contributed by atoms with Crippen molar-refractivity contribution in [3.63, 3.8) is 0 Å². The molecule has 2 heterocycles. The SMILES string of the molecule is CN1C(=O)C(=O)C(C(=O)NCCCc2ccc(Cl)c(Cl)c2)C1c1ccoc1. The Morgan fingerprint density at radius 3 is 2.67 bits per heavy atom. The van der Waals surface area contributed by atoms with E-state index in [-0.39, 0.29) is 0 Å². The third-order valence-corrected chi connectivity index (χ3v) is 5.38. The highest BCUT2D eigenvalue weighted by Crippen LogP contribution is 2.35. The van der Waals surface area contributed by atoms with Gasteiger partial charge in [0, 0.05) is 19.2 Å². The maximum atomic E-state index is 12.6. The van der Waals surface area contributed by atoms with E-state index in [2.05, 4.69) is 5.32 Å². The van der Waals surface area contributed by atoms with Gasteiger partial charge in [0.05, 0.1) is 28.6 Å². The molecule has 1 aliphatic heterocycles. The molecule has 142 valence electrons. The van der Waals surface area contributed by atoms with Gasteiger partial charge in [0.25, 0.3) is 5.91 Å². The summed E-state index contributed by atoms with van der Waals surface area (Å²) in [6.45, 7) is 0.374. The van der Waals surface area contributed by atoms with Crippen molar-refractivity contribution in [1.29, 1.82) is 0 Å². The van der Waals surface area contributed by atoms with Gasteiger partial charge >= 0.3 is 0 Å². The minimum Gasteiger partial charge on any atom is -0.472 e. The monoisotopic (exact) mass is 408 g/mol. The van der Waals surface area contributed by atoms with Crippen LogP contribution in [-0.4, -0.2) is 36.1 Å². The van der Waals surface area contributed by atoms with Crippen molar-refractivity contribution in [2.45, 2.75) is 18.9 Å². The van der Waals surface area contributed by atoms with Gasteiger partial charge in [-0.3, -0.25) is 14.4 Å². The molecule has 0 radical (unpaired) electrons. The Morgan fingerprint density at radius 2 is 2.00 bits per heavy atom. The van der Waals surface area contributed by atoms with Crippen LogP contribution in [-0.2, 0) is 20.8 Å². The molecular formula is C19H18Cl2N2O4. The average molecular weight is 409 g/mol. The van der Waals surface area contributed by atoms with Crippen LogP contribution in [0.2, 0.25) is 10.0 Å². The van der Waals surface area contributed by atoms with Gasteiger partial charge in [-0.2, -0.15) is 0 Å². The Labute approximate surface area is 166 Å². The summed E-state index contributed by atoms with van der Waals surface area (Å²) in [6, 6.07) is 6.39. The molecule has 0 spiro atoms. The number of likely N-dealkylation sites (tertiary alicyclic amines) is 1. The molecule has 0 saturated carbocycles. The molecule has 2 atom stereocenters. The second kappa shape index (κ2) is 8.15.